The molecule has 31 heavy (non-hydrogen) atoms. The van der Waals surface area contributed by atoms with Gasteiger partial charge < -0.3 is 15.2 Å². The van der Waals surface area contributed by atoms with Gasteiger partial charge in [-0.25, -0.2) is 9.69 Å². The van der Waals surface area contributed by atoms with Crippen LogP contribution in [0.1, 0.15) is 28.5 Å². The van der Waals surface area contributed by atoms with Crippen LogP contribution in [0.4, 0.5) is 10.5 Å². The zero-order valence-corrected chi connectivity index (χ0v) is 17.1. The number of hydrogen-bond acceptors (Lipinski definition) is 3. The Morgan fingerprint density at radius 3 is 2.74 bits per heavy atom. The van der Waals surface area contributed by atoms with Crippen LogP contribution >= 0.6 is 0 Å². The van der Waals surface area contributed by atoms with Crippen molar-refractivity contribution in [3.63, 3.8) is 0 Å². The van der Waals surface area contributed by atoms with E-state index in [1.165, 1.54) is 0 Å². The average molecular weight is 414 g/mol. The molecule has 1 aromatic heterocycles. The Kier molecular flexibility index (Phi) is 4.22. The highest BCUT2D eigenvalue weighted by molar-refractivity contribution is 6.25. The summed E-state index contributed by atoms with van der Waals surface area (Å²) in [7, 11) is 0. The maximum Gasteiger partial charge on any atom is 0.332 e. The van der Waals surface area contributed by atoms with Crippen LogP contribution in [0.25, 0.3) is 10.9 Å². The van der Waals surface area contributed by atoms with Gasteiger partial charge in [0.2, 0.25) is 0 Å². The van der Waals surface area contributed by atoms with Crippen molar-refractivity contribution in [3.8, 4) is 0 Å². The first kappa shape index (κ1) is 19.1. The number of fused-ring (bicyclic) bond motifs is 5. The molecule has 0 radical (unpaired) electrons. The largest absolute Gasteiger partial charge is 0.356 e. The molecular formula is C24H22N4O3. The summed E-state index contributed by atoms with van der Waals surface area (Å²) >= 11 is 0. The van der Waals surface area contributed by atoms with E-state index in [-0.39, 0.29) is 29.6 Å². The van der Waals surface area contributed by atoms with E-state index in [0.29, 0.717) is 13.0 Å². The highest BCUT2D eigenvalue weighted by atomic mass is 16.2. The molecule has 2 aliphatic heterocycles. The molecule has 1 atom stereocenters. The molecule has 2 aromatic carbocycles. The minimum absolute atomic E-state index is 0.270. The first-order chi connectivity index (χ1) is 15.0. The van der Waals surface area contributed by atoms with Gasteiger partial charge >= 0.3 is 6.03 Å². The Hall–Kier alpha value is -3.87. The summed E-state index contributed by atoms with van der Waals surface area (Å²) in [5.74, 6) is -0.730. The van der Waals surface area contributed by atoms with E-state index in [2.05, 4.69) is 16.9 Å². The number of nitrogens with one attached hydrogen (secondary N) is 2. The van der Waals surface area contributed by atoms with Gasteiger partial charge in [0.1, 0.15) is 0 Å². The van der Waals surface area contributed by atoms with Crippen molar-refractivity contribution in [2.45, 2.75) is 18.9 Å². The summed E-state index contributed by atoms with van der Waals surface area (Å²) in [5, 5.41) is 3.79. The van der Waals surface area contributed by atoms with Gasteiger partial charge in [-0.15, -0.1) is 6.58 Å². The fourth-order valence-electron chi connectivity index (χ4n) is 4.73. The van der Waals surface area contributed by atoms with Crippen molar-refractivity contribution < 1.29 is 14.4 Å². The van der Waals surface area contributed by atoms with Crippen LogP contribution in [-0.4, -0.2) is 40.8 Å². The number of benzene rings is 2. The zero-order chi connectivity index (χ0) is 21.8. The molecule has 2 N–H and O–H groups in total. The Bertz CT molecular complexity index is 1260. The van der Waals surface area contributed by atoms with Crippen molar-refractivity contribution in [2.75, 3.05) is 18.0 Å². The topological polar surface area (TPSA) is 85.5 Å². The molecule has 7 heteroatoms. The molecule has 0 bridgehead atoms. The van der Waals surface area contributed by atoms with Gasteiger partial charge in [0.15, 0.2) is 5.54 Å². The van der Waals surface area contributed by atoms with Crippen LogP contribution in [0.15, 0.2) is 61.2 Å². The third-order valence-electron chi connectivity index (χ3n) is 6.26. The summed E-state index contributed by atoms with van der Waals surface area (Å²) in [5.41, 5.74) is 2.15. The lowest BCUT2D eigenvalue weighted by Gasteiger charge is -2.35. The van der Waals surface area contributed by atoms with E-state index in [1.54, 1.807) is 42.2 Å². The number of nitrogens with zero attached hydrogens (tertiary/aromatic N) is 2. The normalized spacial score (nSPS) is 20.0. The molecule has 7 nitrogen and oxygen atoms in total. The highest BCUT2D eigenvalue weighted by Crippen LogP contribution is 2.45. The number of para-hydroxylation sites is 2. The van der Waals surface area contributed by atoms with Crippen LogP contribution in [-0.2, 0) is 16.8 Å². The number of hydrogen-bond donors (Lipinski definition) is 2. The van der Waals surface area contributed by atoms with Gasteiger partial charge in [-0.3, -0.25) is 9.59 Å². The molecule has 0 saturated carbocycles. The Balaban J connectivity index is 1.63. The Morgan fingerprint density at radius 1 is 1.19 bits per heavy atom. The van der Waals surface area contributed by atoms with E-state index < -0.39 is 11.6 Å². The Morgan fingerprint density at radius 2 is 1.94 bits per heavy atom. The SMILES string of the molecule is C=CCNC(=O)c1ccccc1N1C(=O)N2CCc3c([nH]c4ccccc34)[C@]2(C)C1=O. The van der Waals surface area contributed by atoms with Crippen molar-refractivity contribution >= 4 is 34.4 Å². The van der Waals surface area contributed by atoms with Gasteiger partial charge in [-0.05, 0) is 37.1 Å². The third kappa shape index (κ3) is 2.56. The second kappa shape index (κ2) is 6.84. The van der Waals surface area contributed by atoms with Crippen LogP contribution in [0, 0.1) is 0 Å². The van der Waals surface area contributed by atoms with Crippen molar-refractivity contribution in [2.24, 2.45) is 0 Å². The number of urea groups is 1. The molecule has 1 saturated heterocycles. The number of rotatable bonds is 4. The van der Waals surface area contributed by atoms with Crippen LogP contribution in [0.5, 0.6) is 0 Å². The van der Waals surface area contributed by atoms with E-state index in [1.807, 2.05) is 24.3 Å². The minimum Gasteiger partial charge on any atom is -0.356 e. The summed E-state index contributed by atoms with van der Waals surface area (Å²) in [6.07, 6.45) is 2.23. The average Bonchev–Trinajstić information content (AvgIpc) is 3.26. The summed E-state index contributed by atoms with van der Waals surface area (Å²) in [6, 6.07) is 14.2. The molecule has 4 amide bonds. The fraction of sp³-hybridized carbons (Fsp3) is 0.208. The van der Waals surface area contributed by atoms with Gasteiger partial charge in [0.05, 0.1) is 16.9 Å². The molecule has 3 aromatic rings. The fourth-order valence-corrected chi connectivity index (χ4v) is 4.73. The molecular weight excluding hydrogens is 392 g/mol. The van der Waals surface area contributed by atoms with Gasteiger partial charge in [-0.1, -0.05) is 36.4 Å². The van der Waals surface area contributed by atoms with Crippen molar-refractivity contribution in [1.82, 2.24) is 15.2 Å². The van der Waals surface area contributed by atoms with Gasteiger partial charge in [0.25, 0.3) is 11.8 Å². The highest BCUT2D eigenvalue weighted by Gasteiger charge is 2.59. The summed E-state index contributed by atoms with van der Waals surface area (Å²) < 4.78 is 0. The number of carbonyl (C=O) groups is 3. The molecule has 3 heterocycles. The van der Waals surface area contributed by atoms with Gasteiger partial charge in [0, 0.05) is 24.0 Å². The van der Waals surface area contributed by atoms with Gasteiger partial charge in [-0.2, -0.15) is 0 Å². The monoisotopic (exact) mass is 414 g/mol. The second-order valence-electron chi connectivity index (χ2n) is 7.94. The molecule has 0 spiro atoms. The smallest absolute Gasteiger partial charge is 0.332 e. The van der Waals surface area contributed by atoms with E-state index >= 15 is 0 Å². The first-order valence-corrected chi connectivity index (χ1v) is 10.2. The van der Waals surface area contributed by atoms with Crippen molar-refractivity contribution in [1.29, 1.82) is 0 Å². The summed E-state index contributed by atoms with van der Waals surface area (Å²) in [4.78, 5) is 46.0. The van der Waals surface area contributed by atoms with Crippen LogP contribution in [0.2, 0.25) is 0 Å². The Labute approximate surface area is 179 Å². The predicted molar refractivity (Wildman–Crippen MR) is 118 cm³/mol. The zero-order valence-electron chi connectivity index (χ0n) is 17.1. The minimum atomic E-state index is -1.16. The lowest BCUT2D eigenvalue weighted by molar-refractivity contribution is -0.125. The quantitative estimate of drug-likeness (QED) is 0.507. The standard InChI is InChI=1S/C24H22N4O3/c1-3-13-25-21(29)17-9-5-7-11-19(17)28-22(30)24(2)20-16(12-14-27(24)23(28)31)15-8-4-6-10-18(15)26-20/h3-11,26H,1,12-14H2,2H3,(H,25,29)/t24-/m1/s1. The number of imide groups is 1. The maximum atomic E-state index is 13.8. The third-order valence-corrected chi connectivity index (χ3v) is 6.26. The number of anilines is 1. The molecule has 0 aliphatic carbocycles. The number of aromatic nitrogens is 1. The molecule has 156 valence electrons. The van der Waals surface area contributed by atoms with E-state index in [9.17, 15) is 14.4 Å². The summed E-state index contributed by atoms with van der Waals surface area (Å²) in [6.45, 7) is 6.10. The second-order valence-corrected chi connectivity index (χ2v) is 7.94. The van der Waals surface area contributed by atoms with Crippen LogP contribution < -0.4 is 10.2 Å². The van der Waals surface area contributed by atoms with Crippen LogP contribution in [0.3, 0.4) is 0 Å². The lowest BCUT2D eigenvalue weighted by atomic mass is 9.87. The molecule has 0 unspecified atom stereocenters. The first-order valence-electron chi connectivity index (χ1n) is 10.2. The number of amides is 4. The lowest BCUT2D eigenvalue weighted by Crippen LogP contribution is -2.49. The molecule has 1 fully saturated rings. The van der Waals surface area contributed by atoms with E-state index in [0.717, 1.165) is 27.1 Å². The molecule has 2 aliphatic rings. The number of H-pyrrole nitrogens is 1. The number of carbonyl (C=O) groups excluding carboxylic acids is 3. The molecule has 5 rings (SSSR count). The number of aromatic amines is 1. The van der Waals surface area contributed by atoms with Crippen molar-refractivity contribution in [3.05, 3.63) is 78.0 Å². The predicted octanol–water partition coefficient (Wildman–Crippen LogP) is 3.32. The maximum absolute atomic E-state index is 13.8. The van der Waals surface area contributed by atoms with E-state index in [4.69, 9.17) is 0 Å².